The van der Waals surface area contributed by atoms with Gasteiger partial charge in [-0.25, -0.2) is 0 Å². The van der Waals surface area contributed by atoms with Gasteiger partial charge in [-0.3, -0.25) is 33.8 Å². The monoisotopic (exact) mass is 585 g/mol. The van der Waals surface area contributed by atoms with E-state index >= 15 is 0 Å². The van der Waals surface area contributed by atoms with Crippen molar-refractivity contribution in [2.24, 2.45) is 0 Å². The first-order valence-electron chi connectivity index (χ1n) is 13.7. The van der Waals surface area contributed by atoms with Gasteiger partial charge < -0.3 is 29.0 Å². The van der Waals surface area contributed by atoms with Crippen molar-refractivity contribution in [2.45, 2.75) is 6.42 Å². The summed E-state index contributed by atoms with van der Waals surface area (Å²) in [5, 5.41) is 9.22. The Kier molecular flexibility index (Phi) is 10.7. The number of likely N-dealkylation sites (N-methyl/N-ethyl adjacent to an activating group) is 1. The van der Waals surface area contributed by atoms with Crippen molar-refractivity contribution in [1.82, 2.24) is 14.7 Å². The number of nitrogens with zero attached hydrogens (tertiary/aromatic N) is 3. The predicted octanol–water partition coefficient (Wildman–Crippen LogP) is 1.13. The van der Waals surface area contributed by atoms with Gasteiger partial charge in [0, 0.05) is 46.1 Å². The molecule has 2 aromatic rings. The van der Waals surface area contributed by atoms with Crippen molar-refractivity contribution in [3.63, 3.8) is 0 Å². The molecule has 0 radical (unpaired) electrons. The van der Waals surface area contributed by atoms with E-state index in [1.54, 1.807) is 24.3 Å². The number of hydrogen-bond donors (Lipinski definition) is 1. The maximum Gasteiger partial charge on any atom is 0.305 e. The molecule has 0 saturated heterocycles. The van der Waals surface area contributed by atoms with Crippen LogP contribution in [0.15, 0.2) is 24.3 Å². The molecular weight excluding hydrogens is 550 g/mol. The standard InChI is InChI=1S/C29H35N3O10/c1-30(2)8-9-31-26(35)19-3-5-21-25-22(6-4-20(24(19)25)27(31)36)29(38)32(28(21)37)10-12-40-14-16-42-18-17-41-15-13-39-11-7-23(33)34/h3-6H,7-18H2,1-2H3,(H,33,34). The number of rotatable bonds is 18. The second kappa shape index (κ2) is 14.4. The molecule has 0 bridgehead atoms. The van der Waals surface area contributed by atoms with Gasteiger partial charge >= 0.3 is 5.97 Å². The third-order valence-corrected chi connectivity index (χ3v) is 6.87. The molecule has 0 atom stereocenters. The molecule has 42 heavy (non-hydrogen) atoms. The highest BCUT2D eigenvalue weighted by atomic mass is 16.6. The van der Waals surface area contributed by atoms with Gasteiger partial charge in [0.15, 0.2) is 0 Å². The van der Waals surface area contributed by atoms with Gasteiger partial charge in [-0.1, -0.05) is 0 Å². The van der Waals surface area contributed by atoms with Crippen LogP contribution in [0.25, 0.3) is 10.8 Å². The molecular formula is C29H35N3O10. The van der Waals surface area contributed by atoms with Crippen LogP contribution in [0.1, 0.15) is 47.9 Å². The van der Waals surface area contributed by atoms with Gasteiger partial charge in [0.05, 0.1) is 65.8 Å². The number of benzene rings is 2. The molecule has 0 aliphatic carbocycles. The Morgan fingerprint density at radius 3 is 1.36 bits per heavy atom. The normalized spacial score (nSPS) is 14.5. The summed E-state index contributed by atoms with van der Waals surface area (Å²) in [6.07, 6.45) is -0.0463. The topological polar surface area (TPSA) is 152 Å². The molecule has 2 aromatic carbocycles. The van der Waals surface area contributed by atoms with E-state index in [2.05, 4.69) is 0 Å². The van der Waals surface area contributed by atoms with Crippen molar-refractivity contribution in [2.75, 3.05) is 86.6 Å². The molecule has 4 rings (SSSR count). The van der Waals surface area contributed by atoms with E-state index in [4.69, 9.17) is 24.1 Å². The van der Waals surface area contributed by atoms with Crippen LogP contribution in [0.2, 0.25) is 0 Å². The molecule has 2 heterocycles. The quantitative estimate of drug-likeness (QED) is 0.198. The number of amides is 4. The van der Waals surface area contributed by atoms with Crippen molar-refractivity contribution in [1.29, 1.82) is 0 Å². The van der Waals surface area contributed by atoms with Gasteiger partial charge in [0.2, 0.25) is 0 Å². The Bertz CT molecular complexity index is 1290. The number of hydrogen-bond acceptors (Lipinski definition) is 10. The maximum absolute atomic E-state index is 13.3. The Hall–Kier alpha value is -3.75. The van der Waals surface area contributed by atoms with E-state index in [9.17, 15) is 24.0 Å². The summed E-state index contributed by atoms with van der Waals surface area (Å²) in [4.78, 5) is 67.6. The van der Waals surface area contributed by atoms with Crippen molar-refractivity contribution in [3.05, 3.63) is 46.5 Å². The second-order valence-corrected chi connectivity index (χ2v) is 9.99. The smallest absolute Gasteiger partial charge is 0.305 e. The van der Waals surface area contributed by atoms with E-state index in [0.717, 1.165) is 4.90 Å². The number of carboxylic acid groups (broad SMARTS) is 1. The first-order valence-corrected chi connectivity index (χ1v) is 13.7. The highest BCUT2D eigenvalue weighted by molar-refractivity contribution is 6.33. The second-order valence-electron chi connectivity index (χ2n) is 9.99. The van der Waals surface area contributed by atoms with Gasteiger partial charge in [-0.05, 0) is 38.4 Å². The third-order valence-electron chi connectivity index (χ3n) is 6.87. The lowest BCUT2D eigenvalue weighted by Gasteiger charge is -2.32. The summed E-state index contributed by atoms with van der Waals surface area (Å²) in [5.41, 5.74) is 1.14. The molecule has 226 valence electrons. The first-order chi connectivity index (χ1) is 20.2. The summed E-state index contributed by atoms with van der Waals surface area (Å²) in [5.74, 6) is -2.80. The Labute approximate surface area is 242 Å². The van der Waals surface area contributed by atoms with E-state index in [-0.39, 0.29) is 50.5 Å². The van der Waals surface area contributed by atoms with Crippen LogP contribution in [0.5, 0.6) is 0 Å². The highest BCUT2D eigenvalue weighted by Crippen LogP contribution is 2.37. The summed E-state index contributed by atoms with van der Waals surface area (Å²) in [6.45, 7) is 2.88. The average Bonchev–Trinajstić information content (AvgIpc) is 2.96. The predicted molar refractivity (Wildman–Crippen MR) is 149 cm³/mol. The van der Waals surface area contributed by atoms with Crippen LogP contribution < -0.4 is 0 Å². The Balaban J connectivity index is 1.26. The number of carboxylic acids is 1. The molecule has 2 aliphatic heterocycles. The fourth-order valence-electron chi connectivity index (χ4n) is 4.76. The lowest BCUT2D eigenvalue weighted by atomic mass is 9.86. The molecule has 13 heteroatoms. The lowest BCUT2D eigenvalue weighted by Crippen LogP contribution is -2.45. The van der Waals surface area contributed by atoms with Crippen LogP contribution in [-0.4, -0.2) is 136 Å². The third kappa shape index (κ3) is 6.99. The first kappa shape index (κ1) is 31.2. The van der Waals surface area contributed by atoms with Gasteiger partial charge in [-0.2, -0.15) is 0 Å². The van der Waals surface area contributed by atoms with Crippen LogP contribution in [-0.2, 0) is 23.7 Å². The number of carbonyl (C=O) groups is 5. The van der Waals surface area contributed by atoms with Crippen LogP contribution in [0.4, 0.5) is 0 Å². The van der Waals surface area contributed by atoms with Crippen molar-refractivity contribution >= 4 is 40.4 Å². The largest absolute Gasteiger partial charge is 0.481 e. The Morgan fingerprint density at radius 1 is 0.619 bits per heavy atom. The van der Waals surface area contributed by atoms with Gasteiger partial charge in [0.1, 0.15) is 0 Å². The highest BCUT2D eigenvalue weighted by Gasteiger charge is 2.39. The average molecular weight is 586 g/mol. The minimum atomic E-state index is -0.910. The minimum Gasteiger partial charge on any atom is -0.481 e. The number of ether oxygens (including phenoxy) is 4. The molecule has 0 fully saturated rings. The molecule has 0 spiro atoms. The van der Waals surface area contributed by atoms with E-state index < -0.39 is 29.6 Å². The van der Waals surface area contributed by atoms with E-state index in [0.29, 0.717) is 61.5 Å². The van der Waals surface area contributed by atoms with Crippen LogP contribution in [0.3, 0.4) is 0 Å². The molecule has 0 saturated carbocycles. The fraction of sp³-hybridized carbons (Fsp3) is 0.483. The Morgan fingerprint density at radius 2 is 0.976 bits per heavy atom. The zero-order valence-corrected chi connectivity index (χ0v) is 23.8. The maximum atomic E-state index is 13.3. The lowest BCUT2D eigenvalue weighted by molar-refractivity contribution is -0.138. The molecule has 0 aromatic heterocycles. The number of imide groups is 2. The SMILES string of the molecule is CN(C)CCN1C(=O)c2ccc3c4c(ccc(c24)C1=O)C(=O)N(CCOCCOCCOCCOCCC(=O)O)C3=O. The minimum absolute atomic E-state index is 0.0310. The van der Waals surface area contributed by atoms with Crippen molar-refractivity contribution < 1.29 is 48.0 Å². The van der Waals surface area contributed by atoms with Gasteiger partial charge in [-0.15, -0.1) is 0 Å². The molecule has 2 aliphatic rings. The summed E-state index contributed by atoms with van der Waals surface area (Å²) in [6, 6.07) is 6.20. The van der Waals surface area contributed by atoms with E-state index in [1.807, 2.05) is 19.0 Å². The molecule has 0 unspecified atom stereocenters. The summed E-state index contributed by atoms with van der Waals surface area (Å²) >= 11 is 0. The summed E-state index contributed by atoms with van der Waals surface area (Å²) < 4.78 is 21.4. The van der Waals surface area contributed by atoms with Crippen LogP contribution >= 0.6 is 0 Å². The van der Waals surface area contributed by atoms with E-state index in [1.165, 1.54) is 4.90 Å². The zero-order chi connectivity index (χ0) is 30.2. The fourth-order valence-corrected chi connectivity index (χ4v) is 4.76. The number of carbonyl (C=O) groups excluding carboxylic acids is 4. The molecule has 1 N–H and O–H groups in total. The van der Waals surface area contributed by atoms with Crippen molar-refractivity contribution in [3.8, 4) is 0 Å². The molecule has 13 nitrogen and oxygen atoms in total. The van der Waals surface area contributed by atoms with Crippen LogP contribution in [0, 0.1) is 0 Å². The zero-order valence-electron chi connectivity index (χ0n) is 23.8. The molecule has 4 amide bonds. The number of aliphatic carboxylic acids is 1. The van der Waals surface area contributed by atoms with Gasteiger partial charge in [0.25, 0.3) is 23.6 Å². The summed E-state index contributed by atoms with van der Waals surface area (Å²) in [7, 11) is 3.71.